The van der Waals surface area contributed by atoms with Crippen molar-refractivity contribution in [2.75, 3.05) is 81.3 Å². The summed E-state index contributed by atoms with van der Waals surface area (Å²) < 4.78 is 50.9. The van der Waals surface area contributed by atoms with Crippen LogP contribution < -0.4 is 18.9 Å². The first-order valence-corrected chi connectivity index (χ1v) is 38.5. The quantitative estimate of drug-likeness (QED) is 0.0700. The van der Waals surface area contributed by atoms with Gasteiger partial charge in [-0.3, -0.25) is 0 Å². The van der Waals surface area contributed by atoms with Crippen molar-refractivity contribution >= 4 is 194 Å². The summed E-state index contributed by atoms with van der Waals surface area (Å²) in [5.74, 6) is 2.74. The van der Waals surface area contributed by atoms with Gasteiger partial charge >= 0.3 is 0 Å². The van der Waals surface area contributed by atoms with E-state index in [1.165, 1.54) is 0 Å². The minimum Gasteiger partial charge on any atom is -0.490 e. The maximum Gasteiger partial charge on any atom is 0.131 e. The predicted octanol–water partition coefficient (Wildman–Crippen LogP) is 26.5. The van der Waals surface area contributed by atoms with Gasteiger partial charge in [-0.2, -0.15) is 0 Å². The van der Waals surface area contributed by atoms with E-state index in [0.29, 0.717) is 75.9 Å². The van der Waals surface area contributed by atoms with Crippen molar-refractivity contribution in [1.82, 2.24) is 0 Å². The largest absolute Gasteiger partial charge is 0.490 e. The second kappa shape index (κ2) is 30.2. The summed E-state index contributed by atoms with van der Waals surface area (Å²) in [6.07, 6.45) is 0. The average molecular weight is 1460 g/mol. The van der Waals surface area contributed by atoms with E-state index in [0.717, 1.165) is 194 Å². The molecule has 8 heteroatoms. The monoisotopic (exact) mass is 1460 g/mol. The molecule has 20 bridgehead atoms. The van der Waals surface area contributed by atoms with Crippen molar-refractivity contribution in [2.45, 2.75) is 0 Å². The lowest BCUT2D eigenvalue weighted by molar-refractivity contribution is 0.143. The van der Waals surface area contributed by atoms with Crippen LogP contribution in [-0.4, -0.2) is 81.3 Å². The molecule has 0 heterocycles. The van der Waals surface area contributed by atoms with Crippen LogP contribution in [0.4, 0.5) is 0 Å². The number of rotatable bonds is 16. The van der Waals surface area contributed by atoms with E-state index in [1.807, 2.05) is 0 Å². The lowest BCUT2D eigenvalue weighted by Gasteiger charge is -2.18. The fourth-order valence-electron chi connectivity index (χ4n) is 17.7. The van der Waals surface area contributed by atoms with Crippen molar-refractivity contribution in [2.24, 2.45) is 0 Å². The Balaban J connectivity index is 1.02. The molecule has 0 aliphatic rings. The molecule has 0 N–H and O–H groups in total. The van der Waals surface area contributed by atoms with E-state index in [1.54, 1.807) is 28.4 Å². The molecular formula is C104H80O8. The molecule has 0 aliphatic carbocycles. The van der Waals surface area contributed by atoms with Crippen molar-refractivity contribution in [3.8, 4) is 23.0 Å². The number of methoxy groups -OCH3 is 4. The molecule has 19 aromatic rings. The van der Waals surface area contributed by atoms with E-state index in [4.69, 9.17) is 37.9 Å². The SMILES string of the molecule is COCCOc1cc(OCCOC)c2cc1c1c3ccccc3c(c3cccc(c3)c3cccc(c3)c3c4ccccc4c(c4cc(c(OCCOC)cc4OCCOC)c4c5ccccc5c(c5cccc(c5)c5cccc(c5)c5c6ccccc6c2c2ccccc25)c2ccccc24)c2ccccc23)c2ccccc21. The van der Waals surface area contributed by atoms with E-state index in [9.17, 15) is 0 Å². The Morgan fingerprint density at radius 3 is 0.473 bits per heavy atom. The van der Waals surface area contributed by atoms with Gasteiger partial charge in [0.2, 0.25) is 0 Å². The predicted molar refractivity (Wildman–Crippen MR) is 473 cm³/mol. The lowest BCUT2D eigenvalue weighted by atomic mass is 9.89. The number of fused-ring (bicyclic) bond motifs is 34. The molecule has 0 aliphatic heterocycles. The molecule has 0 unspecified atom stereocenters. The van der Waals surface area contributed by atoms with Crippen LogP contribution in [0.5, 0.6) is 23.0 Å². The Labute approximate surface area is 647 Å². The number of hydrogen-bond donors (Lipinski definition) is 0. The molecule has 0 radical (unpaired) electrons. The highest BCUT2D eigenvalue weighted by molar-refractivity contribution is 6.38. The first-order chi connectivity index (χ1) is 55.5. The van der Waals surface area contributed by atoms with Gasteiger partial charge in [-0.1, -0.05) is 267 Å². The molecule has 0 aromatic heterocycles. The van der Waals surface area contributed by atoms with Gasteiger partial charge in [-0.15, -0.1) is 0 Å². The summed E-state index contributed by atoms with van der Waals surface area (Å²) in [5, 5.41) is 39.0. The van der Waals surface area contributed by atoms with Gasteiger partial charge in [0.1, 0.15) is 49.4 Å². The second-order valence-corrected chi connectivity index (χ2v) is 28.7. The molecule has 112 heavy (non-hydrogen) atoms. The fourth-order valence-corrected chi connectivity index (χ4v) is 17.7. The third-order valence-corrected chi connectivity index (χ3v) is 22.4. The Morgan fingerprint density at radius 1 is 0.143 bits per heavy atom. The Bertz CT molecular complexity index is 6250. The van der Waals surface area contributed by atoms with Gasteiger partial charge in [0.05, 0.1) is 26.4 Å². The molecule has 0 atom stereocenters. The molecule has 0 saturated heterocycles. The van der Waals surface area contributed by atoms with Crippen LogP contribution in [0.25, 0.3) is 194 Å². The Morgan fingerprint density at radius 2 is 0.304 bits per heavy atom. The topological polar surface area (TPSA) is 73.8 Å². The summed E-state index contributed by atoms with van der Waals surface area (Å²) in [6.45, 7) is 2.83. The summed E-state index contributed by atoms with van der Waals surface area (Å²) >= 11 is 0. The first kappa shape index (κ1) is 69.5. The lowest BCUT2D eigenvalue weighted by Crippen LogP contribution is -2.07. The van der Waals surface area contributed by atoms with E-state index in [-0.39, 0.29) is 0 Å². The highest BCUT2D eigenvalue weighted by atomic mass is 16.5. The summed E-state index contributed by atoms with van der Waals surface area (Å²) in [5.41, 5.74) is 0. The van der Waals surface area contributed by atoms with Crippen molar-refractivity contribution in [1.29, 1.82) is 0 Å². The number of benzene rings is 18. The summed E-state index contributed by atoms with van der Waals surface area (Å²) in [7, 11) is 6.85. The van der Waals surface area contributed by atoms with Crippen LogP contribution in [0.15, 0.2) is 315 Å². The van der Waals surface area contributed by atoms with Crippen LogP contribution in [0.1, 0.15) is 0 Å². The standard InChI is InChI=1S/C104H80O8/c1-105-49-53-109-93-63-94(110-54-50-106-2)90-61-89(93)101-81-41-13-5-33-73(81)97(74-34-6-14-42-82(74)101)69-29-21-25-65(57-69)66-26-23-31-71(59-66)99-77-37-9-17-45-85(77)103(86-46-18-10-38-78(86)99)91-62-92(96(112-56-52-108-4)64-95(91)111-55-51-107-3)104-87-47-19-11-39-79(87)100(80-40-12-20-48-88(80)104)72-32-24-28-68(60-72)67-27-22-30-70(58-67)98-75-35-7-15-43-83(75)102(90)84-44-16-8-36-76(84)98/h5-48,57-64H,49-56H2,1-4H3. The van der Waals surface area contributed by atoms with Gasteiger partial charge in [0.25, 0.3) is 0 Å². The normalized spacial score (nSPS) is 11.8. The summed E-state index contributed by atoms with van der Waals surface area (Å²) in [4.78, 5) is 0. The molecule has 0 amide bonds. The minimum absolute atomic E-state index is 0.318. The van der Waals surface area contributed by atoms with E-state index in [2.05, 4.69) is 315 Å². The van der Waals surface area contributed by atoms with E-state index >= 15 is 0 Å². The first-order valence-electron chi connectivity index (χ1n) is 38.5. The molecule has 19 aromatic carbocycles. The van der Waals surface area contributed by atoms with Crippen LogP contribution in [0.2, 0.25) is 0 Å². The molecule has 0 saturated carbocycles. The van der Waals surface area contributed by atoms with Crippen molar-refractivity contribution in [3.63, 3.8) is 0 Å². The zero-order valence-corrected chi connectivity index (χ0v) is 62.9. The van der Waals surface area contributed by atoms with Crippen LogP contribution in [0, 0.1) is 0 Å². The van der Waals surface area contributed by atoms with Crippen molar-refractivity contribution < 1.29 is 37.9 Å². The molecule has 19 rings (SSSR count). The average Bonchev–Trinajstić information content (AvgIpc) is 0.725. The van der Waals surface area contributed by atoms with E-state index < -0.39 is 0 Å². The van der Waals surface area contributed by atoms with Gasteiger partial charge in [0.15, 0.2) is 0 Å². The van der Waals surface area contributed by atoms with Gasteiger partial charge < -0.3 is 37.9 Å². The molecule has 8 nitrogen and oxygen atoms in total. The zero-order chi connectivity index (χ0) is 75.2. The van der Waals surface area contributed by atoms with Crippen LogP contribution in [-0.2, 0) is 18.9 Å². The molecule has 0 fully saturated rings. The Hall–Kier alpha value is -12.9. The second-order valence-electron chi connectivity index (χ2n) is 28.7. The highest BCUT2D eigenvalue weighted by Crippen LogP contribution is 2.50. The van der Waals surface area contributed by atoms with Crippen LogP contribution >= 0.6 is 0 Å². The summed E-state index contributed by atoms with van der Waals surface area (Å²) in [6, 6.07) is 116. The van der Waals surface area contributed by atoms with Crippen LogP contribution in [0.3, 0.4) is 0 Å². The maximum atomic E-state index is 7.02. The highest BCUT2D eigenvalue weighted by Gasteiger charge is 2.22. The van der Waals surface area contributed by atoms with Crippen molar-refractivity contribution in [3.05, 3.63) is 315 Å². The Kier molecular flexibility index (Phi) is 18.7. The van der Waals surface area contributed by atoms with Gasteiger partial charge in [0, 0.05) is 83.7 Å². The molecular weight excluding hydrogens is 1380 g/mol. The third kappa shape index (κ3) is 12.2. The van der Waals surface area contributed by atoms with Gasteiger partial charge in [-0.05, 0) is 187 Å². The third-order valence-electron chi connectivity index (χ3n) is 22.4. The zero-order valence-electron chi connectivity index (χ0n) is 62.9. The molecule has 544 valence electrons. The smallest absolute Gasteiger partial charge is 0.131 e. The fraction of sp³-hybridized carbons (Fsp3) is 0.115. The number of hydrogen-bond acceptors (Lipinski definition) is 8. The van der Waals surface area contributed by atoms with Gasteiger partial charge in [-0.25, -0.2) is 0 Å². The number of ether oxygens (including phenoxy) is 8. The maximum absolute atomic E-state index is 7.02. The minimum atomic E-state index is 0.318. The molecule has 0 spiro atoms.